The number of nitrogens with one attached hydrogen (secondary N) is 1. The fraction of sp³-hybridized carbons (Fsp3) is 0.467. The molecule has 2 aliphatic heterocycles. The maximum Gasteiger partial charge on any atom is 0.252 e. The van der Waals surface area contributed by atoms with Gasteiger partial charge in [0.05, 0.1) is 13.2 Å². The highest BCUT2D eigenvalue weighted by atomic mass is 16.5. The summed E-state index contributed by atoms with van der Waals surface area (Å²) in [6.07, 6.45) is 0.822. The van der Waals surface area contributed by atoms with Gasteiger partial charge < -0.3 is 19.7 Å². The molecule has 1 aromatic rings. The van der Waals surface area contributed by atoms with Crippen molar-refractivity contribution in [1.29, 1.82) is 0 Å². The summed E-state index contributed by atoms with van der Waals surface area (Å²) in [5.74, 6) is 0.967. The summed E-state index contributed by atoms with van der Waals surface area (Å²) in [6, 6.07) is 5.32. The molecule has 6 heteroatoms. The van der Waals surface area contributed by atoms with Gasteiger partial charge in [-0.25, -0.2) is 0 Å². The first-order chi connectivity index (χ1) is 9.97. The second-order valence-corrected chi connectivity index (χ2v) is 5.75. The van der Waals surface area contributed by atoms with Gasteiger partial charge in [-0.3, -0.25) is 9.59 Å². The smallest absolute Gasteiger partial charge is 0.252 e. The van der Waals surface area contributed by atoms with Crippen molar-refractivity contribution in [3.05, 3.63) is 18.2 Å². The summed E-state index contributed by atoms with van der Waals surface area (Å²) in [4.78, 5) is 25.7. The number of fused-ring (bicyclic) bond motifs is 1. The molecule has 1 fully saturated rings. The van der Waals surface area contributed by atoms with E-state index in [0.29, 0.717) is 30.4 Å². The van der Waals surface area contributed by atoms with E-state index in [9.17, 15) is 9.59 Å². The van der Waals surface area contributed by atoms with Crippen LogP contribution in [0.2, 0.25) is 0 Å². The molecular weight excluding hydrogens is 272 g/mol. The standard InChI is InChI=1S/C15H18N2O4/c1-15(2)14(19)17(9-13(18)16-15)10-4-5-11-12(8-10)21-7-3-6-20-11/h4-5,8H,3,6-7,9H2,1-2H3,(H,16,18). The van der Waals surface area contributed by atoms with Crippen LogP contribution in [0.3, 0.4) is 0 Å². The second-order valence-electron chi connectivity index (χ2n) is 5.75. The third kappa shape index (κ3) is 2.53. The van der Waals surface area contributed by atoms with Gasteiger partial charge in [-0.1, -0.05) is 0 Å². The number of rotatable bonds is 1. The lowest BCUT2D eigenvalue weighted by Crippen LogP contribution is -2.64. The van der Waals surface area contributed by atoms with E-state index in [4.69, 9.17) is 9.47 Å². The Labute approximate surface area is 123 Å². The molecule has 0 spiro atoms. The van der Waals surface area contributed by atoms with Gasteiger partial charge in [-0.15, -0.1) is 0 Å². The topological polar surface area (TPSA) is 67.9 Å². The molecule has 0 unspecified atom stereocenters. The summed E-state index contributed by atoms with van der Waals surface area (Å²) in [7, 11) is 0. The van der Waals surface area contributed by atoms with Gasteiger partial charge in [0.25, 0.3) is 5.91 Å². The van der Waals surface area contributed by atoms with E-state index in [0.717, 1.165) is 6.42 Å². The van der Waals surface area contributed by atoms with Gasteiger partial charge in [0, 0.05) is 18.2 Å². The summed E-state index contributed by atoms with van der Waals surface area (Å²) < 4.78 is 11.2. The van der Waals surface area contributed by atoms with Crippen molar-refractivity contribution >= 4 is 17.5 Å². The molecule has 3 rings (SSSR count). The molecule has 0 aliphatic carbocycles. The van der Waals surface area contributed by atoms with Crippen LogP contribution in [-0.4, -0.2) is 37.1 Å². The normalized spacial score (nSPS) is 20.8. The van der Waals surface area contributed by atoms with Crippen LogP contribution >= 0.6 is 0 Å². The van der Waals surface area contributed by atoms with E-state index in [-0.39, 0.29) is 18.4 Å². The van der Waals surface area contributed by atoms with Crippen LogP contribution in [0.5, 0.6) is 11.5 Å². The highest BCUT2D eigenvalue weighted by molar-refractivity contribution is 6.08. The van der Waals surface area contributed by atoms with Crippen LogP contribution in [0.4, 0.5) is 5.69 Å². The Balaban J connectivity index is 1.94. The number of anilines is 1. The fourth-order valence-corrected chi connectivity index (χ4v) is 2.52. The van der Waals surface area contributed by atoms with Crippen molar-refractivity contribution in [3.8, 4) is 11.5 Å². The number of piperazine rings is 1. The molecule has 2 heterocycles. The lowest BCUT2D eigenvalue weighted by atomic mass is 10.00. The van der Waals surface area contributed by atoms with E-state index in [1.54, 1.807) is 32.0 Å². The molecule has 2 amide bonds. The van der Waals surface area contributed by atoms with Crippen molar-refractivity contribution in [2.24, 2.45) is 0 Å². The Bertz CT molecular complexity index is 597. The molecule has 1 saturated heterocycles. The molecule has 0 atom stereocenters. The molecule has 6 nitrogen and oxygen atoms in total. The zero-order valence-corrected chi connectivity index (χ0v) is 12.1. The summed E-state index contributed by atoms with van der Waals surface area (Å²) in [6.45, 7) is 4.60. The van der Waals surface area contributed by atoms with Gasteiger partial charge in [0.15, 0.2) is 11.5 Å². The Morgan fingerprint density at radius 1 is 1.14 bits per heavy atom. The number of benzene rings is 1. The predicted octanol–water partition coefficient (Wildman–Crippen LogP) is 1.09. The number of hydrogen-bond acceptors (Lipinski definition) is 4. The Morgan fingerprint density at radius 2 is 1.86 bits per heavy atom. The number of ether oxygens (including phenoxy) is 2. The molecule has 112 valence electrons. The first-order valence-corrected chi connectivity index (χ1v) is 7.00. The third-order valence-corrected chi connectivity index (χ3v) is 3.58. The largest absolute Gasteiger partial charge is 0.490 e. The van der Waals surface area contributed by atoms with E-state index >= 15 is 0 Å². The van der Waals surface area contributed by atoms with Gasteiger partial charge in [-0.2, -0.15) is 0 Å². The van der Waals surface area contributed by atoms with Crippen LogP contribution < -0.4 is 19.7 Å². The molecule has 0 radical (unpaired) electrons. The number of carbonyl (C=O) groups excluding carboxylic acids is 2. The summed E-state index contributed by atoms with van der Waals surface area (Å²) in [5, 5.41) is 2.69. The van der Waals surface area contributed by atoms with Gasteiger partial charge >= 0.3 is 0 Å². The second kappa shape index (κ2) is 4.95. The summed E-state index contributed by atoms with van der Waals surface area (Å²) >= 11 is 0. The number of nitrogens with zero attached hydrogens (tertiary/aromatic N) is 1. The molecule has 1 N–H and O–H groups in total. The minimum atomic E-state index is -0.903. The highest BCUT2D eigenvalue weighted by Crippen LogP contribution is 2.34. The molecule has 0 aromatic heterocycles. The Morgan fingerprint density at radius 3 is 2.62 bits per heavy atom. The SMILES string of the molecule is CC1(C)NC(=O)CN(c2ccc3c(c2)OCCCO3)C1=O. The fourth-order valence-electron chi connectivity index (χ4n) is 2.52. The van der Waals surface area contributed by atoms with Crippen molar-refractivity contribution in [2.45, 2.75) is 25.8 Å². The Hall–Kier alpha value is -2.24. The average molecular weight is 290 g/mol. The van der Waals surface area contributed by atoms with Crippen molar-refractivity contribution in [3.63, 3.8) is 0 Å². The summed E-state index contributed by atoms with van der Waals surface area (Å²) in [5.41, 5.74) is -0.258. The maximum atomic E-state index is 12.5. The van der Waals surface area contributed by atoms with E-state index in [2.05, 4.69) is 5.32 Å². The number of carbonyl (C=O) groups is 2. The van der Waals surface area contributed by atoms with Crippen LogP contribution in [0.1, 0.15) is 20.3 Å². The van der Waals surface area contributed by atoms with Gasteiger partial charge in [0.2, 0.25) is 5.91 Å². The lowest BCUT2D eigenvalue weighted by molar-refractivity contribution is -0.134. The first kappa shape index (κ1) is 13.7. The molecule has 2 aliphatic rings. The minimum Gasteiger partial charge on any atom is -0.490 e. The van der Waals surface area contributed by atoms with Crippen LogP contribution in [0.25, 0.3) is 0 Å². The molecule has 0 saturated carbocycles. The molecule has 0 bridgehead atoms. The third-order valence-electron chi connectivity index (χ3n) is 3.58. The maximum absolute atomic E-state index is 12.5. The van der Waals surface area contributed by atoms with E-state index in [1.807, 2.05) is 0 Å². The molecular formula is C15H18N2O4. The van der Waals surface area contributed by atoms with Crippen molar-refractivity contribution < 1.29 is 19.1 Å². The van der Waals surface area contributed by atoms with Crippen molar-refractivity contribution in [2.75, 3.05) is 24.7 Å². The predicted molar refractivity (Wildman–Crippen MR) is 76.6 cm³/mol. The van der Waals surface area contributed by atoms with Gasteiger partial charge in [-0.05, 0) is 26.0 Å². The van der Waals surface area contributed by atoms with Gasteiger partial charge in [0.1, 0.15) is 12.1 Å². The van der Waals surface area contributed by atoms with Crippen LogP contribution in [-0.2, 0) is 9.59 Å². The monoisotopic (exact) mass is 290 g/mol. The van der Waals surface area contributed by atoms with Crippen LogP contribution in [0, 0.1) is 0 Å². The highest BCUT2D eigenvalue weighted by Gasteiger charge is 2.39. The van der Waals surface area contributed by atoms with E-state index in [1.165, 1.54) is 4.90 Å². The average Bonchev–Trinajstić information content (AvgIpc) is 2.66. The zero-order chi connectivity index (χ0) is 15.0. The molecule has 21 heavy (non-hydrogen) atoms. The van der Waals surface area contributed by atoms with Crippen LogP contribution in [0.15, 0.2) is 18.2 Å². The first-order valence-electron chi connectivity index (χ1n) is 7.00. The number of amides is 2. The lowest BCUT2D eigenvalue weighted by Gasteiger charge is -2.37. The quantitative estimate of drug-likeness (QED) is 0.840. The van der Waals surface area contributed by atoms with E-state index < -0.39 is 5.54 Å². The minimum absolute atomic E-state index is 0.0158. The Kier molecular flexibility index (Phi) is 3.23. The zero-order valence-electron chi connectivity index (χ0n) is 12.1. The van der Waals surface area contributed by atoms with Crippen molar-refractivity contribution in [1.82, 2.24) is 5.32 Å². The molecule has 1 aromatic carbocycles. The number of hydrogen-bond donors (Lipinski definition) is 1.